The van der Waals surface area contributed by atoms with Crippen molar-refractivity contribution in [1.29, 1.82) is 0 Å². The molecule has 0 radical (unpaired) electrons. The van der Waals surface area contributed by atoms with Gasteiger partial charge < -0.3 is 23.9 Å². The van der Waals surface area contributed by atoms with E-state index in [0.29, 0.717) is 23.3 Å². The zero-order valence-electron chi connectivity index (χ0n) is 10.7. The fourth-order valence-electron chi connectivity index (χ4n) is 1.60. The minimum Gasteiger partial charge on any atom is -0.379 e. The maximum absolute atomic E-state index is 10.8. The number of imidazole rings is 1. The monoisotopic (exact) mass is 243 g/mol. The SMILES string of the molecule is COCC[N+](C)(C)Cc1c([N+](=O)[O-])ncn1C. The number of aromatic nitrogens is 2. The number of hydrogen-bond donors (Lipinski definition) is 0. The molecule has 0 saturated carbocycles. The number of methoxy groups -OCH3 is 1. The molecule has 0 N–H and O–H groups in total. The number of nitrogens with zero attached hydrogens (tertiary/aromatic N) is 4. The van der Waals surface area contributed by atoms with Crippen molar-refractivity contribution in [3.8, 4) is 0 Å². The van der Waals surface area contributed by atoms with Gasteiger partial charge in [-0.2, -0.15) is 0 Å². The smallest absolute Gasteiger partial charge is 0.379 e. The number of likely N-dealkylation sites (N-methyl/N-ethyl adjacent to an activating group) is 1. The molecule has 1 rings (SSSR count). The van der Waals surface area contributed by atoms with Gasteiger partial charge in [0, 0.05) is 14.2 Å². The zero-order valence-corrected chi connectivity index (χ0v) is 10.7. The maximum atomic E-state index is 10.8. The van der Waals surface area contributed by atoms with E-state index in [1.165, 1.54) is 6.33 Å². The summed E-state index contributed by atoms with van der Waals surface area (Å²) in [6.07, 6.45) is 1.48. The minimum atomic E-state index is -0.439. The van der Waals surface area contributed by atoms with Crippen molar-refractivity contribution >= 4 is 5.82 Å². The predicted octanol–water partition coefficient (Wildman–Crippen LogP) is 0.551. The van der Waals surface area contributed by atoms with Crippen LogP contribution in [0.1, 0.15) is 5.69 Å². The average Bonchev–Trinajstić information content (AvgIpc) is 2.57. The number of quaternary nitrogens is 1. The zero-order chi connectivity index (χ0) is 13.1. The molecule has 0 aromatic carbocycles. The highest BCUT2D eigenvalue weighted by molar-refractivity contribution is 5.26. The van der Waals surface area contributed by atoms with Gasteiger partial charge in [-0.1, -0.05) is 0 Å². The van der Waals surface area contributed by atoms with Crippen LogP contribution in [-0.4, -0.2) is 53.3 Å². The fraction of sp³-hybridized carbons (Fsp3) is 0.700. The summed E-state index contributed by atoms with van der Waals surface area (Å²) in [5, 5.41) is 10.8. The van der Waals surface area contributed by atoms with Gasteiger partial charge in [0.2, 0.25) is 6.33 Å². The van der Waals surface area contributed by atoms with Crippen LogP contribution in [0.15, 0.2) is 6.33 Å². The standard InChI is InChI=1S/C10H19N4O3/c1-12-8-11-10(13(15)16)9(12)7-14(2,3)5-6-17-4/h8H,5-7H2,1-4H3/q+1. The molecule has 0 aliphatic carbocycles. The molecular formula is C10H19N4O3+. The quantitative estimate of drug-likeness (QED) is 0.415. The van der Waals surface area contributed by atoms with Crippen molar-refractivity contribution < 1.29 is 14.1 Å². The van der Waals surface area contributed by atoms with Crippen LogP contribution in [0.3, 0.4) is 0 Å². The molecular weight excluding hydrogens is 224 g/mol. The molecule has 0 saturated heterocycles. The third kappa shape index (κ3) is 3.50. The van der Waals surface area contributed by atoms with Crippen molar-refractivity contribution in [3.63, 3.8) is 0 Å². The van der Waals surface area contributed by atoms with Crippen molar-refractivity contribution in [2.45, 2.75) is 6.54 Å². The van der Waals surface area contributed by atoms with Gasteiger partial charge in [0.25, 0.3) is 0 Å². The van der Waals surface area contributed by atoms with Gasteiger partial charge in [0.15, 0.2) is 5.69 Å². The predicted molar refractivity (Wildman–Crippen MR) is 62.4 cm³/mol. The summed E-state index contributed by atoms with van der Waals surface area (Å²) in [6, 6.07) is 0. The number of aryl methyl sites for hydroxylation is 1. The molecule has 0 aliphatic heterocycles. The Balaban J connectivity index is 2.86. The molecule has 0 bridgehead atoms. The summed E-state index contributed by atoms with van der Waals surface area (Å²) in [4.78, 5) is 14.2. The normalized spacial score (nSPS) is 11.8. The first-order chi connectivity index (χ1) is 7.87. The molecule has 7 heteroatoms. The van der Waals surface area contributed by atoms with Gasteiger partial charge in [-0.05, 0) is 9.91 Å². The van der Waals surface area contributed by atoms with Gasteiger partial charge in [-0.3, -0.25) is 0 Å². The molecule has 0 unspecified atom stereocenters. The van der Waals surface area contributed by atoms with Crippen LogP contribution >= 0.6 is 0 Å². The van der Waals surface area contributed by atoms with E-state index >= 15 is 0 Å². The van der Waals surface area contributed by atoms with Crippen LogP contribution in [0.25, 0.3) is 0 Å². The number of nitro groups is 1. The first-order valence-electron chi connectivity index (χ1n) is 5.33. The number of ether oxygens (including phenoxy) is 1. The van der Waals surface area contributed by atoms with Crippen LogP contribution in [-0.2, 0) is 18.3 Å². The highest BCUT2D eigenvalue weighted by Crippen LogP contribution is 2.19. The van der Waals surface area contributed by atoms with Crippen molar-refractivity contribution in [2.75, 3.05) is 34.4 Å². The largest absolute Gasteiger partial charge is 0.390 e. The summed E-state index contributed by atoms with van der Waals surface area (Å²) in [5.41, 5.74) is 0.635. The second-order valence-corrected chi connectivity index (χ2v) is 4.69. The van der Waals surface area contributed by atoms with Crippen LogP contribution in [0.5, 0.6) is 0 Å². The van der Waals surface area contributed by atoms with Gasteiger partial charge in [-0.15, -0.1) is 0 Å². The maximum Gasteiger partial charge on any atom is 0.390 e. The Hall–Kier alpha value is -1.47. The van der Waals surface area contributed by atoms with E-state index in [1.54, 1.807) is 18.7 Å². The van der Waals surface area contributed by atoms with Gasteiger partial charge in [-0.25, -0.2) is 0 Å². The van der Waals surface area contributed by atoms with E-state index < -0.39 is 4.92 Å². The van der Waals surface area contributed by atoms with E-state index in [0.717, 1.165) is 6.54 Å². The molecule has 0 spiro atoms. The average molecular weight is 243 g/mol. The van der Waals surface area contributed by atoms with Crippen molar-refractivity contribution in [3.05, 3.63) is 22.1 Å². The van der Waals surface area contributed by atoms with E-state index in [9.17, 15) is 10.1 Å². The molecule has 7 nitrogen and oxygen atoms in total. The first-order valence-corrected chi connectivity index (χ1v) is 5.33. The van der Waals surface area contributed by atoms with E-state index in [2.05, 4.69) is 4.98 Å². The minimum absolute atomic E-state index is 0.0592. The van der Waals surface area contributed by atoms with Crippen LogP contribution in [0, 0.1) is 10.1 Å². The number of rotatable bonds is 6. The van der Waals surface area contributed by atoms with E-state index in [1.807, 2.05) is 14.1 Å². The van der Waals surface area contributed by atoms with Gasteiger partial charge in [0.05, 0.1) is 20.7 Å². The third-order valence-corrected chi connectivity index (χ3v) is 2.69. The highest BCUT2D eigenvalue weighted by Gasteiger charge is 2.27. The Morgan fingerprint density at radius 3 is 2.76 bits per heavy atom. The van der Waals surface area contributed by atoms with Crippen LogP contribution < -0.4 is 0 Å². The molecule has 0 fully saturated rings. The molecule has 17 heavy (non-hydrogen) atoms. The van der Waals surface area contributed by atoms with Crippen LogP contribution in [0.4, 0.5) is 5.82 Å². The van der Waals surface area contributed by atoms with Crippen LogP contribution in [0.2, 0.25) is 0 Å². The van der Waals surface area contributed by atoms with E-state index in [4.69, 9.17) is 4.74 Å². The molecule has 0 amide bonds. The molecule has 1 aromatic heterocycles. The Labute approximate surface area is 100 Å². The van der Waals surface area contributed by atoms with E-state index in [-0.39, 0.29) is 5.82 Å². The summed E-state index contributed by atoms with van der Waals surface area (Å²) in [7, 11) is 7.43. The molecule has 1 heterocycles. The lowest BCUT2D eigenvalue weighted by atomic mass is 10.3. The lowest BCUT2D eigenvalue weighted by Crippen LogP contribution is -2.42. The fourth-order valence-corrected chi connectivity index (χ4v) is 1.60. The topological polar surface area (TPSA) is 70.2 Å². The molecule has 0 aliphatic rings. The van der Waals surface area contributed by atoms with Crippen molar-refractivity contribution in [1.82, 2.24) is 9.55 Å². The molecule has 0 atom stereocenters. The van der Waals surface area contributed by atoms with Gasteiger partial charge in [0.1, 0.15) is 13.1 Å². The summed E-state index contributed by atoms with van der Waals surface area (Å²) < 4.78 is 7.35. The highest BCUT2D eigenvalue weighted by atomic mass is 16.6. The number of hydrogen-bond acceptors (Lipinski definition) is 4. The summed E-state index contributed by atoms with van der Waals surface area (Å²) in [6.45, 7) is 1.97. The second kappa shape index (κ2) is 5.24. The summed E-state index contributed by atoms with van der Waals surface area (Å²) >= 11 is 0. The Morgan fingerprint density at radius 2 is 2.24 bits per heavy atom. The Morgan fingerprint density at radius 1 is 1.59 bits per heavy atom. The second-order valence-electron chi connectivity index (χ2n) is 4.69. The Bertz CT molecular complexity index is 400. The molecule has 1 aromatic rings. The van der Waals surface area contributed by atoms with Gasteiger partial charge >= 0.3 is 5.82 Å². The lowest BCUT2D eigenvalue weighted by molar-refractivity contribution is -0.904. The summed E-state index contributed by atoms with van der Waals surface area (Å²) in [5.74, 6) is -0.0592. The molecule has 96 valence electrons. The third-order valence-electron chi connectivity index (χ3n) is 2.69. The first kappa shape index (κ1) is 13.6. The lowest BCUT2D eigenvalue weighted by Gasteiger charge is -2.28. The van der Waals surface area contributed by atoms with Crippen molar-refractivity contribution in [2.24, 2.45) is 7.05 Å². The Kier molecular flexibility index (Phi) is 4.19.